The first-order chi connectivity index (χ1) is 19.6. The van der Waals surface area contributed by atoms with Gasteiger partial charge in [0.1, 0.15) is 12.6 Å². The zero-order valence-electron chi connectivity index (χ0n) is 24.3. The Morgan fingerprint density at radius 2 is 1.56 bits per heavy atom. The van der Waals surface area contributed by atoms with Crippen molar-refractivity contribution in [3.8, 4) is 0 Å². The van der Waals surface area contributed by atoms with E-state index in [1.807, 2.05) is 50.2 Å². The maximum absolute atomic E-state index is 14.0. The van der Waals surface area contributed by atoms with Gasteiger partial charge in [0, 0.05) is 12.6 Å². The number of benzene rings is 3. The molecule has 0 radical (unpaired) electrons. The fraction of sp³-hybridized carbons (Fsp3) is 0.394. The van der Waals surface area contributed by atoms with Gasteiger partial charge in [0.15, 0.2) is 0 Å². The molecule has 3 aromatic rings. The quantitative estimate of drug-likeness (QED) is 0.331. The molecule has 7 nitrogen and oxygen atoms in total. The van der Waals surface area contributed by atoms with E-state index in [0.29, 0.717) is 12.1 Å². The van der Waals surface area contributed by atoms with Gasteiger partial charge in [0.05, 0.1) is 10.6 Å². The first kappa shape index (κ1) is 30.3. The van der Waals surface area contributed by atoms with E-state index in [9.17, 15) is 18.0 Å². The molecule has 41 heavy (non-hydrogen) atoms. The molecule has 1 saturated carbocycles. The van der Waals surface area contributed by atoms with Crippen LogP contribution in [0.4, 0.5) is 5.69 Å². The van der Waals surface area contributed by atoms with Crippen LogP contribution in [0.15, 0.2) is 83.8 Å². The molecule has 2 amide bonds. The van der Waals surface area contributed by atoms with E-state index in [0.717, 1.165) is 46.7 Å². The van der Waals surface area contributed by atoms with E-state index in [1.165, 1.54) is 11.3 Å². The lowest BCUT2D eigenvalue weighted by molar-refractivity contribution is -0.139. The van der Waals surface area contributed by atoms with Gasteiger partial charge in [-0.05, 0) is 75.4 Å². The second-order valence-corrected chi connectivity index (χ2v) is 12.9. The Morgan fingerprint density at radius 1 is 0.878 bits per heavy atom. The lowest BCUT2D eigenvalue weighted by atomic mass is 9.95. The van der Waals surface area contributed by atoms with Crippen LogP contribution in [0.1, 0.15) is 55.7 Å². The standard InChI is InChI=1S/C33H41N3O4S/c1-25-17-19-31(20-18-25)41(39,40)36(30-16-10-11-26(2)23-30)24-32(37)35(22-21-28-12-6-4-7-13-28)27(3)33(38)34-29-14-8-5-9-15-29/h4,6-7,10-13,16-20,23,27,29H,5,8-9,14-15,21-22,24H2,1-3H3,(H,34,38)/t27-/m0/s1. The number of amides is 2. The zero-order valence-corrected chi connectivity index (χ0v) is 25.1. The van der Waals surface area contributed by atoms with E-state index in [-0.39, 0.29) is 23.4 Å². The van der Waals surface area contributed by atoms with Gasteiger partial charge in [-0.2, -0.15) is 0 Å². The molecule has 1 aliphatic carbocycles. The number of rotatable bonds is 11. The molecule has 0 bridgehead atoms. The topological polar surface area (TPSA) is 86.8 Å². The number of aryl methyl sites for hydroxylation is 2. The third-order valence-corrected chi connectivity index (χ3v) is 9.57. The summed E-state index contributed by atoms with van der Waals surface area (Å²) < 4.78 is 29.0. The summed E-state index contributed by atoms with van der Waals surface area (Å²) in [5.41, 5.74) is 3.25. The van der Waals surface area contributed by atoms with Crippen LogP contribution in [-0.2, 0) is 26.0 Å². The van der Waals surface area contributed by atoms with E-state index >= 15 is 0 Å². The van der Waals surface area contributed by atoms with Crippen molar-refractivity contribution in [1.29, 1.82) is 0 Å². The molecule has 1 atom stereocenters. The highest BCUT2D eigenvalue weighted by atomic mass is 32.2. The summed E-state index contributed by atoms with van der Waals surface area (Å²) in [5, 5.41) is 3.14. The number of hydrogen-bond acceptors (Lipinski definition) is 4. The second kappa shape index (κ2) is 13.8. The van der Waals surface area contributed by atoms with Gasteiger partial charge in [0.25, 0.3) is 10.0 Å². The monoisotopic (exact) mass is 575 g/mol. The van der Waals surface area contributed by atoms with Crippen molar-refractivity contribution in [3.05, 3.63) is 95.6 Å². The van der Waals surface area contributed by atoms with Crippen LogP contribution in [0.3, 0.4) is 0 Å². The van der Waals surface area contributed by atoms with Crippen LogP contribution in [-0.4, -0.2) is 50.3 Å². The highest BCUT2D eigenvalue weighted by molar-refractivity contribution is 7.92. The number of carbonyl (C=O) groups is 2. The summed E-state index contributed by atoms with van der Waals surface area (Å²) >= 11 is 0. The molecule has 0 aromatic heterocycles. The van der Waals surface area contributed by atoms with Crippen molar-refractivity contribution in [2.75, 3.05) is 17.4 Å². The Hall–Kier alpha value is -3.65. The number of nitrogens with zero attached hydrogens (tertiary/aromatic N) is 2. The van der Waals surface area contributed by atoms with Crippen molar-refractivity contribution in [2.45, 2.75) is 76.3 Å². The van der Waals surface area contributed by atoms with Crippen molar-refractivity contribution in [1.82, 2.24) is 10.2 Å². The van der Waals surface area contributed by atoms with Crippen LogP contribution in [0, 0.1) is 13.8 Å². The second-order valence-electron chi connectivity index (χ2n) is 11.0. The van der Waals surface area contributed by atoms with E-state index < -0.39 is 28.5 Å². The smallest absolute Gasteiger partial charge is 0.264 e. The third-order valence-electron chi connectivity index (χ3n) is 7.78. The largest absolute Gasteiger partial charge is 0.352 e. The maximum atomic E-state index is 14.0. The Labute approximate surface area is 244 Å². The lowest BCUT2D eigenvalue weighted by Crippen LogP contribution is -2.53. The van der Waals surface area contributed by atoms with Crippen LogP contribution >= 0.6 is 0 Å². The van der Waals surface area contributed by atoms with Crippen LogP contribution in [0.2, 0.25) is 0 Å². The number of anilines is 1. The molecular formula is C33H41N3O4S. The predicted molar refractivity (Wildman–Crippen MR) is 163 cm³/mol. The molecule has 218 valence electrons. The number of sulfonamides is 1. The van der Waals surface area contributed by atoms with Gasteiger partial charge < -0.3 is 10.2 Å². The minimum Gasteiger partial charge on any atom is -0.352 e. The molecule has 0 heterocycles. The molecule has 3 aromatic carbocycles. The van der Waals surface area contributed by atoms with Crippen molar-refractivity contribution in [2.24, 2.45) is 0 Å². The molecule has 1 aliphatic rings. The van der Waals surface area contributed by atoms with E-state index in [1.54, 1.807) is 49.4 Å². The molecule has 0 aliphatic heterocycles. The molecule has 0 saturated heterocycles. The highest BCUT2D eigenvalue weighted by Crippen LogP contribution is 2.25. The van der Waals surface area contributed by atoms with Gasteiger partial charge >= 0.3 is 0 Å². The minimum atomic E-state index is -4.07. The first-order valence-electron chi connectivity index (χ1n) is 14.4. The summed E-state index contributed by atoms with van der Waals surface area (Å²) in [5.74, 6) is -0.633. The molecule has 0 unspecified atom stereocenters. The number of carbonyl (C=O) groups excluding carboxylic acids is 2. The predicted octanol–water partition coefficient (Wildman–Crippen LogP) is 5.41. The summed E-state index contributed by atoms with van der Waals surface area (Å²) in [6, 6.07) is 22.8. The van der Waals surface area contributed by atoms with Crippen molar-refractivity contribution >= 4 is 27.5 Å². The summed E-state index contributed by atoms with van der Waals surface area (Å²) in [4.78, 5) is 29.1. The normalized spacial score (nSPS) is 14.7. The molecule has 1 fully saturated rings. The lowest BCUT2D eigenvalue weighted by Gasteiger charge is -2.33. The summed E-state index contributed by atoms with van der Waals surface area (Å²) in [6.45, 7) is 5.37. The zero-order chi connectivity index (χ0) is 29.4. The summed E-state index contributed by atoms with van der Waals surface area (Å²) in [7, 11) is -4.07. The Kier molecular flexibility index (Phi) is 10.2. The highest BCUT2D eigenvalue weighted by Gasteiger charge is 2.33. The van der Waals surface area contributed by atoms with Crippen LogP contribution < -0.4 is 9.62 Å². The fourth-order valence-corrected chi connectivity index (χ4v) is 6.69. The SMILES string of the molecule is Cc1ccc(S(=O)(=O)N(CC(=O)N(CCc2ccccc2)[C@@H](C)C(=O)NC2CCCCC2)c2cccc(C)c2)cc1. The number of nitrogens with one attached hydrogen (secondary N) is 1. The average molecular weight is 576 g/mol. The van der Waals surface area contributed by atoms with Crippen LogP contribution in [0.5, 0.6) is 0 Å². The van der Waals surface area contributed by atoms with Crippen molar-refractivity contribution in [3.63, 3.8) is 0 Å². The fourth-order valence-electron chi connectivity index (χ4n) is 5.29. The Bertz CT molecular complexity index is 1420. The summed E-state index contributed by atoms with van der Waals surface area (Å²) in [6.07, 6.45) is 5.76. The first-order valence-corrected chi connectivity index (χ1v) is 15.9. The minimum absolute atomic E-state index is 0.107. The van der Waals surface area contributed by atoms with Gasteiger partial charge in [-0.1, -0.05) is 79.4 Å². The third kappa shape index (κ3) is 7.97. The van der Waals surface area contributed by atoms with Crippen molar-refractivity contribution < 1.29 is 18.0 Å². The van der Waals surface area contributed by atoms with Crippen LogP contribution in [0.25, 0.3) is 0 Å². The molecule has 8 heteroatoms. The maximum Gasteiger partial charge on any atom is 0.264 e. The van der Waals surface area contributed by atoms with Gasteiger partial charge in [-0.3, -0.25) is 13.9 Å². The van der Waals surface area contributed by atoms with Gasteiger partial charge in [0.2, 0.25) is 11.8 Å². The van der Waals surface area contributed by atoms with E-state index in [4.69, 9.17) is 0 Å². The Morgan fingerprint density at radius 3 is 2.22 bits per heavy atom. The molecular weight excluding hydrogens is 534 g/mol. The number of hydrogen-bond donors (Lipinski definition) is 1. The Balaban J connectivity index is 1.63. The van der Waals surface area contributed by atoms with E-state index in [2.05, 4.69) is 5.32 Å². The molecule has 1 N–H and O–H groups in total. The molecule has 0 spiro atoms. The molecule has 4 rings (SSSR count). The average Bonchev–Trinajstić information content (AvgIpc) is 2.97. The van der Waals surface area contributed by atoms with Gasteiger partial charge in [-0.25, -0.2) is 8.42 Å². The van der Waals surface area contributed by atoms with Gasteiger partial charge in [-0.15, -0.1) is 0 Å².